The minimum atomic E-state index is -0.535. The molecule has 9 heteroatoms. The molecule has 0 aliphatic carbocycles. The number of hydrogen-bond donors (Lipinski definition) is 3. The van der Waals surface area contributed by atoms with E-state index >= 15 is 0 Å². The van der Waals surface area contributed by atoms with Gasteiger partial charge in [0.2, 0.25) is 0 Å². The van der Waals surface area contributed by atoms with Crippen molar-refractivity contribution in [2.75, 3.05) is 7.11 Å². The van der Waals surface area contributed by atoms with Gasteiger partial charge in [0.15, 0.2) is 15.8 Å². The lowest BCUT2D eigenvalue weighted by atomic mass is 10.2. The van der Waals surface area contributed by atoms with Crippen LogP contribution in [0, 0.1) is 0 Å². The Morgan fingerprint density at radius 2 is 1.96 bits per heavy atom. The van der Waals surface area contributed by atoms with E-state index in [2.05, 4.69) is 5.43 Å². The molecule has 1 heterocycles. The minimum Gasteiger partial charge on any atom is -0.504 e. The van der Waals surface area contributed by atoms with E-state index in [0.717, 1.165) is 16.8 Å². The molecule has 0 bridgehead atoms. The molecular weight excluding hydrogens is 388 g/mol. The Morgan fingerprint density at radius 1 is 1.22 bits per heavy atom. The van der Waals surface area contributed by atoms with E-state index in [4.69, 9.17) is 17.0 Å². The van der Waals surface area contributed by atoms with E-state index in [1.165, 1.54) is 31.4 Å². The largest absolute Gasteiger partial charge is 0.504 e. The van der Waals surface area contributed by atoms with E-state index in [9.17, 15) is 19.8 Å². The van der Waals surface area contributed by atoms with E-state index in [-0.39, 0.29) is 26.3 Å². The number of thioether (sulfide) groups is 1. The maximum absolute atomic E-state index is 12.6. The number of ether oxygens (including phenoxy) is 1. The van der Waals surface area contributed by atoms with Gasteiger partial charge in [-0.25, -0.2) is 0 Å². The number of nitrogens with zero attached hydrogens (tertiary/aromatic N) is 1. The Hall–Kier alpha value is -3.04. The summed E-state index contributed by atoms with van der Waals surface area (Å²) in [6, 6.07) is 10.8. The minimum absolute atomic E-state index is 0.164. The number of hydrazine groups is 1. The van der Waals surface area contributed by atoms with Crippen LogP contribution in [0.1, 0.15) is 15.9 Å². The zero-order valence-electron chi connectivity index (χ0n) is 14.0. The molecule has 1 saturated heterocycles. The predicted octanol–water partition coefficient (Wildman–Crippen LogP) is 2.65. The van der Waals surface area contributed by atoms with Crippen molar-refractivity contribution in [2.24, 2.45) is 0 Å². The molecule has 3 rings (SSSR count). The molecule has 1 aliphatic heterocycles. The highest BCUT2D eigenvalue weighted by Crippen LogP contribution is 2.33. The van der Waals surface area contributed by atoms with Gasteiger partial charge in [0.25, 0.3) is 11.8 Å². The highest BCUT2D eigenvalue weighted by Gasteiger charge is 2.34. The van der Waals surface area contributed by atoms with Gasteiger partial charge in [0, 0.05) is 0 Å². The lowest BCUT2D eigenvalue weighted by molar-refractivity contribution is -0.123. The first-order valence-corrected chi connectivity index (χ1v) is 8.87. The number of phenolic OH excluding ortho intramolecular Hbond substituents is 2. The SMILES string of the molecule is COc1ccccc1C(=O)NN1C(=O)/C(=C\c2ccc(O)c(O)c2)SC1=S. The van der Waals surface area contributed by atoms with Crippen molar-refractivity contribution in [3.05, 3.63) is 58.5 Å². The number of thiocarbonyl (C=S) groups is 1. The highest BCUT2D eigenvalue weighted by atomic mass is 32.2. The normalized spacial score (nSPS) is 15.3. The van der Waals surface area contributed by atoms with Crippen molar-refractivity contribution in [2.45, 2.75) is 0 Å². The predicted molar refractivity (Wildman–Crippen MR) is 105 cm³/mol. The molecule has 7 nitrogen and oxygen atoms in total. The first kappa shape index (κ1) is 18.7. The second kappa shape index (κ2) is 7.68. The van der Waals surface area contributed by atoms with Crippen molar-refractivity contribution >= 4 is 46.2 Å². The topological polar surface area (TPSA) is 99.1 Å². The first-order chi connectivity index (χ1) is 12.9. The van der Waals surface area contributed by atoms with Crippen molar-refractivity contribution < 1.29 is 24.5 Å². The average Bonchev–Trinajstić information content (AvgIpc) is 2.92. The van der Waals surface area contributed by atoms with Crippen LogP contribution in [0.4, 0.5) is 0 Å². The van der Waals surface area contributed by atoms with Crippen LogP contribution in [0.5, 0.6) is 17.2 Å². The fourth-order valence-electron chi connectivity index (χ4n) is 2.34. The summed E-state index contributed by atoms with van der Waals surface area (Å²) in [4.78, 5) is 25.3. The molecule has 0 aromatic heterocycles. The maximum Gasteiger partial charge on any atom is 0.285 e. The molecule has 3 N–H and O–H groups in total. The number of carbonyl (C=O) groups is 2. The summed E-state index contributed by atoms with van der Waals surface area (Å²) in [6.45, 7) is 0. The quantitative estimate of drug-likeness (QED) is 0.411. The molecule has 0 saturated carbocycles. The van der Waals surface area contributed by atoms with Crippen LogP contribution < -0.4 is 10.2 Å². The van der Waals surface area contributed by atoms with Crippen LogP contribution in [-0.2, 0) is 4.79 Å². The van der Waals surface area contributed by atoms with Gasteiger partial charge in [-0.2, -0.15) is 5.01 Å². The number of methoxy groups -OCH3 is 1. The van der Waals surface area contributed by atoms with Gasteiger partial charge in [-0.05, 0) is 48.1 Å². The Morgan fingerprint density at radius 3 is 2.67 bits per heavy atom. The van der Waals surface area contributed by atoms with Gasteiger partial charge < -0.3 is 14.9 Å². The standard InChI is InChI=1S/C18H14N2O5S2/c1-25-14-5-3-2-4-11(14)16(23)19-20-17(24)15(27-18(20)26)9-10-6-7-12(21)13(22)8-10/h2-9,21-22H,1H3,(H,19,23)/b15-9+. The highest BCUT2D eigenvalue weighted by molar-refractivity contribution is 8.26. The summed E-state index contributed by atoms with van der Waals surface area (Å²) >= 11 is 6.19. The number of nitrogens with one attached hydrogen (secondary N) is 1. The van der Waals surface area contributed by atoms with Crippen LogP contribution in [0.15, 0.2) is 47.4 Å². The number of amides is 2. The third kappa shape index (κ3) is 3.88. The molecule has 1 fully saturated rings. The second-order valence-corrected chi connectivity index (χ2v) is 7.08. The molecule has 2 amide bonds. The van der Waals surface area contributed by atoms with Gasteiger partial charge >= 0.3 is 0 Å². The summed E-state index contributed by atoms with van der Waals surface area (Å²) in [5.41, 5.74) is 3.25. The molecule has 0 spiro atoms. The zero-order chi connectivity index (χ0) is 19.6. The average molecular weight is 402 g/mol. The maximum atomic E-state index is 12.6. The monoisotopic (exact) mass is 402 g/mol. The Bertz CT molecular complexity index is 974. The van der Waals surface area contributed by atoms with Gasteiger partial charge in [-0.15, -0.1) is 0 Å². The lowest BCUT2D eigenvalue weighted by Crippen LogP contribution is -2.44. The number of para-hydroxylation sites is 1. The first-order valence-electron chi connectivity index (χ1n) is 7.64. The summed E-state index contributed by atoms with van der Waals surface area (Å²) in [5, 5.41) is 19.9. The van der Waals surface area contributed by atoms with Gasteiger partial charge in [-0.3, -0.25) is 15.0 Å². The summed E-state index contributed by atoms with van der Waals surface area (Å²) in [6.07, 6.45) is 1.51. The molecule has 138 valence electrons. The third-order valence-electron chi connectivity index (χ3n) is 3.66. The third-order valence-corrected chi connectivity index (χ3v) is 4.96. The molecule has 2 aromatic carbocycles. The van der Waals surface area contributed by atoms with Crippen molar-refractivity contribution in [1.29, 1.82) is 0 Å². The van der Waals surface area contributed by atoms with Crippen LogP contribution in [0.25, 0.3) is 6.08 Å². The van der Waals surface area contributed by atoms with Crippen LogP contribution in [0.2, 0.25) is 0 Å². The number of hydrogen-bond acceptors (Lipinski definition) is 7. The summed E-state index contributed by atoms with van der Waals surface area (Å²) in [7, 11) is 1.45. The molecule has 1 aliphatic rings. The van der Waals surface area contributed by atoms with E-state index in [0.29, 0.717) is 11.3 Å². The molecule has 0 radical (unpaired) electrons. The smallest absolute Gasteiger partial charge is 0.285 e. The second-order valence-electron chi connectivity index (χ2n) is 5.41. The molecule has 2 aromatic rings. The van der Waals surface area contributed by atoms with Crippen LogP contribution >= 0.6 is 24.0 Å². The number of rotatable bonds is 4. The number of aromatic hydroxyl groups is 2. The number of benzene rings is 2. The zero-order valence-corrected chi connectivity index (χ0v) is 15.6. The van der Waals surface area contributed by atoms with Crippen molar-refractivity contribution in [1.82, 2.24) is 10.4 Å². The van der Waals surface area contributed by atoms with E-state index in [1.54, 1.807) is 24.3 Å². The van der Waals surface area contributed by atoms with Crippen molar-refractivity contribution in [3.63, 3.8) is 0 Å². The Kier molecular flexibility index (Phi) is 5.33. The number of phenols is 2. The summed E-state index contributed by atoms with van der Waals surface area (Å²) < 4.78 is 5.31. The van der Waals surface area contributed by atoms with E-state index < -0.39 is 11.8 Å². The van der Waals surface area contributed by atoms with Gasteiger partial charge in [-0.1, -0.05) is 30.0 Å². The van der Waals surface area contributed by atoms with Crippen LogP contribution in [-0.4, -0.2) is 38.5 Å². The Labute approximate surface area is 164 Å². The fourth-order valence-corrected chi connectivity index (χ4v) is 3.52. The number of carbonyl (C=O) groups excluding carboxylic acids is 2. The van der Waals surface area contributed by atoms with Gasteiger partial charge in [0.1, 0.15) is 5.75 Å². The molecule has 0 unspecified atom stereocenters. The van der Waals surface area contributed by atoms with Crippen molar-refractivity contribution in [3.8, 4) is 17.2 Å². The van der Waals surface area contributed by atoms with Gasteiger partial charge in [0.05, 0.1) is 17.6 Å². The Balaban J connectivity index is 1.81. The van der Waals surface area contributed by atoms with E-state index in [1.807, 2.05) is 0 Å². The molecular formula is C18H14N2O5S2. The summed E-state index contributed by atoms with van der Waals surface area (Å²) in [5.74, 6) is -1.23. The van der Waals surface area contributed by atoms with Crippen LogP contribution in [0.3, 0.4) is 0 Å². The lowest BCUT2D eigenvalue weighted by Gasteiger charge is -2.16. The molecule has 0 atom stereocenters. The molecule has 27 heavy (non-hydrogen) atoms. The fraction of sp³-hybridized carbons (Fsp3) is 0.0556.